The Balaban J connectivity index is 1.52. The second-order valence-corrected chi connectivity index (χ2v) is 7.26. The van der Waals surface area contributed by atoms with E-state index in [1.807, 2.05) is 0 Å². The van der Waals surface area contributed by atoms with E-state index in [9.17, 15) is 14.0 Å². The summed E-state index contributed by atoms with van der Waals surface area (Å²) in [5.41, 5.74) is 1.85. The summed E-state index contributed by atoms with van der Waals surface area (Å²) in [4.78, 5) is 31.9. The van der Waals surface area contributed by atoms with Crippen LogP contribution in [0, 0.1) is 5.82 Å². The topological polar surface area (TPSA) is 80.8 Å². The first-order valence-corrected chi connectivity index (χ1v) is 10.0. The zero-order valence-electron chi connectivity index (χ0n) is 16.9. The number of benzene rings is 2. The van der Waals surface area contributed by atoms with Crippen LogP contribution in [0.2, 0.25) is 0 Å². The predicted octanol–water partition coefficient (Wildman–Crippen LogP) is 3.38. The number of carbonyl (C=O) groups excluding carboxylic acids is 2. The minimum atomic E-state index is -0.491. The highest BCUT2D eigenvalue weighted by Gasteiger charge is 2.39. The molecule has 2 amide bonds. The van der Waals surface area contributed by atoms with Crippen molar-refractivity contribution >= 4 is 23.1 Å². The van der Waals surface area contributed by atoms with Gasteiger partial charge < -0.3 is 14.8 Å². The van der Waals surface area contributed by atoms with Crippen LogP contribution in [0.1, 0.15) is 11.3 Å². The number of hydrogen-bond donors (Lipinski definition) is 1. The number of imide groups is 1. The summed E-state index contributed by atoms with van der Waals surface area (Å²) in [6.07, 6.45) is 1.60. The molecule has 3 heterocycles. The molecule has 0 saturated carbocycles. The molecule has 0 radical (unpaired) electrons. The maximum absolute atomic E-state index is 13.5. The van der Waals surface area contributed by atoms with Crippen LogP contribution in [0.3, 0.4) is 0 Å². The van der Waals surface area contributed by atoms with Crippen LogP contribution < -0.4 is 14.8 Å². The van der Waals surface area contributed by atoms with E-state index in [2.05, 4.69) is 10.3 Å². The van der Waals surface area contributed by atoms with Gasteiger partial charge in [0, 0.05) is 18.0 Å². The van der Waals surface area contributed by atoms with Gasteiger partial charge >= 0.3 is 0 Å². The molecule has 2 aliphatic heterocycles. The molecule has 1 aromatic heterocycles. The average molecular weight is 431 g/mol. The molecule has 0 fully saturated rings. The smallest absolute Gasteiger partial charge is 0.278 e. The maximum atomic E-state index is 13.5. The second-order valence-electron chi connectivity index (χ2n) is 7.26. The van der Waals surface area contributed by atoms with Crippen molar-refractivity contribution in [2.24, 2.45) is 0 Å². The highest BCUT2D eigenvalue weighted by molar-refractivity contribution is 6.36. The summed E-state index contributed by atoms with van der Waals surface area (Å²) in [5.74, 6) is -0.243. The Morgan fingerprint density at radius 2 is 1.72 bits per heavy atom. The van der Waals surface area contributed by atoms with Gasteiger partial charge in [0.1, 0.15) is 24.7 Å². The molecule has 2 aliphatic rings. The monoisotopic (exact) mass is 431 g/mol. The Labute approximate surface area is 183 Å². The van der Waals surface area contributed by atoms with Crippen molar-refractivity contribution in [2.45, 2.75) is 6.54 Å². The molecule has 3 aromatic rings. The van der Waals surface area contributed by atoms with E-state index >= 15 is 0 Å². The number of ether oxygens (including phenoxy) is 2. The van der Waals surface area contributed by atoms with E-state index < -0.39 is 17.6 Å². The van der Waals surface area contributed by atoms with Gasteiger partial charge in [0.2, 0.25) is 0 Å². The normalized spacial score (nSPS) is 15.3. The first-order chi connectivity index (χ1) is 15.6. The van der Waals surface area contributed by atoms with Gasteiger partial charge in [0.15, 0.2) is 11.5 Å². The van der Waals surface area contributed by atoms with Gasteiger partial charge in [-0.3, -0.25) is 19.5 Å². The summed E-state index contributed by atoms with van der Waals surface area (Å²) in [6, 6.07) is 15.9. The van der Waals surface area contributed by atoms with E-state index in [1.165, 1.54) is 24.3 Å². The summed E-state index contributed by atoms with van der Waals surface area (Å²) < 4.78 is 24.6. The largest absolute Gasteiger partial charge is 0.486 e. The Morgan fingerprint density at radius 1 is 0.938 bits per heavy atom. The number of aromatic nitrogens is 1. The second kappa shape index (κ2) is 8.14. The van der Waals surface area contributed by atoms with E-state index in [-0.39, 0.29) is 17.8 Å². The predicted molar refractivity (Wildman–Crippen MR) is 114 cm³/mol. The van der Waals surface area contributed by atoms with Crippen molar-refractivity contribution in [1.29, 1.82) is 0 Å². The summed E-state index contributed by atoms with van der Waals surface area (Å²) in [6.45, 7) is 0.917. The number of pyridine rings is 1. The van der Waals surface area contributed by atoms with E-state index in [4.69, 9.17) is 9.47 Å². The first kappa shape index (κ1) is 19.7. The van der Waals surface area contributed by atoms with Crippen LogP contribution in [-0.4, -0.2) is 34.9 Å². The summed E-state index contributed by atoms with van der Waals surface area (Å²) >= 11 is 0. The van der Waals surface area contributed by atoms with Gasteiger partial charge in [-0.25, -0.2) is 4.39 Å². The van der Waals surface area contributed by atoms with Crippen molar-refractivity contribution in [1.82, 2.24) is 9.88 Å². The Bertz CT molecular complexity index is 1230. The molecule has 0 spiro atoms. The highest BCUT2D eigenvalue weighted by atomic mass is 19.1. The van der Waals surface area contributed by atoms with Crippen LogP contribution in [-0.2, 0) is 16.1 Å². The number of halogens is 1. The van der Waals surface area contributed by atoms with Crippen LogP contribution in [0.15, 0.2) is 72.6 Å². The fourth-order valence-electron chi connectivity index (χ4n) is 3.64. The number of nitrogens with zero attached hydrogens (tertiary/aromatic N) is 2. The number of anilines is 1. The molecule has 2 aromatic carbocycles. The first-order valence-electron chi connectivity index (χ1n) is 10.0. The number of amides is 2. The minimum Gasteiger partial charge on any atom is -0.486 e. The van der Waals surface area contributed by atoms with Gasteiger partial charge in [-0.15, -0.1) is 0 Å². The molecular formula is C24H18FN3O4. The fourth-order valence-corrected chi connectivity index (χ4v) is 3.64. The molecule has 8 heteroatoms. The lowest BCUT2D eigenvalue weighted by atomic mass is 10.0. The van der Waals surface area contributed by atoms with Crippen molar-refractivity contribution < 1.29 is 23.5 Å². The van der Waals surface area contributed by atoms with Gasteiger partial charge in [-0.05, 0) is 42.0 Å². The molecule has 32 heavy (non-hydrogen) atoms. The summed E-state index contributed by atoms with van der Waals surface area (Å²) in [7, 11) is 0. The minimum absolute atomic E-state index is 0.0233. The number of nitrogens with one attached hydrogen (secondary N) is 1. The van der Waals surface area contributed by atoms with E-state index in [0.717, 1.165) is 4.90 Å². The molecule has 5 rings (SSSR count). The number of fused-ring (bicyclic) bond motifs is 1. The molecule has 0 aliphatic carbocycles. The lowest BCUT2D eigenvalue weighted by Crippen LogP contribution is -2.32. The molecule has 0 bridgehead atoms. The third-order valence-corrected chi connectivity index (χ3v) is 5.16. The quantitative estimate of drug-likeness (QED) is 0.624. The average Bonchev–Trinajstić information content (AvgIpc) is 3.04. The van der Waals surface area contributed by atoms with Crippen molar-refractivity contribution in [2.75, 3.05) is 18.5 Å². The van der Waals surface area contributed by atoms with Gasteiger partial charge in [-0.1, -0.05) is 18.2 Å². The summed E-state index contributed by atoms with van der Waals surface area (Å²) in [5, 5.41) is 3.07. The van der Waals surface area contributed by atoms with Crippen molar-refractivity contribution in [3.05, 3.63) is 89.6 Å². The molecule has 0 saturated heterocycles. The van der Waals surface area contributed by atoms with Crippen LogP contribution in [0.25, 0.3) is 5.57 Å². The standard InChI is InChI=1S/C24H18FN3O4/c25-16-6-4-15(5-7-16)21-22(27-17-8-9-19-20(13-17)32-12-11-31-19)24(30)28(23(21)29)14-18-3-1-2-10-26-18/h1-10,13,27H,11-12,14H2. The van der Waals surface area contributed by atoms with Crippen LogP contribution in [0.5, 0.6) is 11.5 Å². The zero-order valence-corrected chi connectivity index (χ0v) is 16.9. The molecule has 1 N–H and O–H groups in total. The Kier molecular flexibility index (Phi) is 5.03. The van der Waals surface area contributed by atoms with Gasteiger partial charge in [0.05, 0.1) is 17.8 Å². The molecular weight excluding hydrogens is 413 g/mol. The zero-order chi connectivity index (χ0) is 22.1. The van der Waals surface area contributed by atoms with Gasteiger partial charge in [-0.2, -0.15) is 0 Å². The molecule has 7 nitrogen and oxygen atoms in total. The lowest BCUT2D eigenvalue weighted by molar-refractivity contribution is -0.137. The highest BCUT2D eigenvalue weighted by Crippen LogP contribution is 2.35. The number of carbonyl (C=O) groups is 2. The lowest BCUT2D eigenvalue weighted by Gasteiger charge is -2.19. The van der Waals surface area contributed by atoms with Crippen LogP contribution >= 0.6 is 0 Å². The van der Waals surface area contributed by atoms with Crippen molar-refractivity contribution in [3.8, 4) is 11.5 Å². The van der Waals surface area contributed by atoms with Crippen molar-refractivity contribution in [3.63, 3.8) is 0 Å². The van der Waals surface area contributed by atoms with Gasteiger partial charge in [0.25, 0.3) is 11.8 Å². The SMILES string of the molecule is O=C1C(Nc2ccc3c(c2)OCCO3)=C(c2ccc(F)cc2)C(=O)N1Cc1ccccn1. The third kappa shape index (κ3) is 3.66. The maximum Gasteiger partial charge on any atom is 0.278 e. The number of rotatable bonds is 5. The van der Waals surface area contributed by atoms with E-state index in [0.29, 0.717) is 41.7 Å². The third-order valence-electron chi connectivity index (χ3n) is 5.16. The molecule has 0 atom stereocenters. The Morgan fingerprint density at radius 3 is 2.47 bits per heavy atom. The Hall–Kier alpha value is -4.20. The number of hydrogen-bond acceptors (Lipinski definition) is 6. The fraction of sp³-hybridized carbons (Fsp3) is 0.125. The molecule has 0 unspecified atom stereocenters. The van der Waals surface area contributed by atoms with Crippen LogP contribution in [0.4, 0.5) is 10.1 Å². The van der Waals surface area contributed by atoms with E-state index in [1.54, 1.807) is 42.6 Å². The molecule has 160 valence electrons.